The summed E-state index contributed by atoms with van der Waals surface area (Å²) in [4.78, 5) is 2.36. The van der Waals surface area contributed by atoms with Gasteiger partial charge in [-0.2, -0.15) is 0 Å². The summed E-state index contributed by atoms with van der Waals surface area (Å²) in [6.07, 6.45) is 2.00. The molecule has 3 heteroatoms. The standard InChI is InChI=1S/C14H22BrNO/c1-4-6-9-16(5-2)14-8-7-12(11(3)17)10-13(14)15/h7-8,10-11,17H,4-6,9H2,1-3H3/t11-/m0/s1. The van der Waals surface area contributed by atoms with Crippen molar-refractivity contribution in [1.29, 1.82) is 0 Å². The molecular weight excluding hydrogens is 278 g/mol. The van der Waals surface area contributed by atoms with E-state index in [1.54, 1.807) is 6.92 Å². The van der Waals surface area contributed by atoms with Crippen LogP contribution in [0.1, 0.15) is 45.3 Å². The minimum absolute atomic E-state index is 0.411. The van der Waals surface area contributed by atoms with Gasteiger partial charge in [0.1, 0.15) is 0 Å². The molecule has 96 valence electrons. The molecule has 0 aliphatic heterocycles. The van der Waals surface area contributed by atoms with Gasteiger partial charge in [-0.1, -0.05) is 19.4 Å². The first-order valence-corrected chi connectivity index (χ1v) is 7.11. The minimum Gasteiger partial charge on any atom is -0.389 e. The molecule has 1 aromatic carbocycles. The number of nitrogens with zero attached hydrogens (tertiary/aromatic N) is 1. The lowest BCUT2D eigenvalue weighted by Gasteiger charge is -2.24. The van der Waals surface area contributed by atoms with E-state index in [4.69, 9.17) is 0 Å². The predicted octanol–water partition coefficient (Wildman–Crippen LogP) is 4.13. The highest BCUT2D eigenvalue weighted by molar-refractivity contribution is 9.10. The van der Waals surface area contributed by atoms with Gasteiger partial charge in [0.2, 0.25) is 0 Å². The molecule has 0 heterocycles. The zero-order valence-electron chi connectivity index (χ0n) is 10.9. The maximum absolute atomic E-state index is 9.54. The second kappa shape index (κ2) is 7.02. The number of aliphatic hydroxyl groups is 1. The molecule has 2 nitrogen and oxygen atoms in total. The van der Waals surface area contributed by atoms with Gasteiger partial charge in [-0.3, -0.25) is 0 Å². The number of hydrogen-bond donors (Lipinski definition) is 1. The second-order valence-electron chi connectivity index (χ2n) is 4.32. The van der Waals surface area contributed by atoms with Crippen molar-refractivity contribution >= 4 is 21.6 Å². The molecule has 0 aromatic heterocycles. The van der Waals surface area contributed by atoms with Gasteiger partial charge >= 0.3 is 0 Å². The highest BCUT2D eigenvalue weighted by Crippen LogP contribution is 2.29. The zero-order chi connectivity index (χ0) is 12.8. The summed E-state index contributed by atoms with van der Waals surface area (Å²) in [6, 6.07) is 6.10. The number of hydrogen-bond acceptors (Lipinski definition) is 2. The molecular formula is C14H22BrNO. The average Bonchev–Trinajstić information content (AvgIpc) is 2.31. The largest absolute Gasteiger partial charge is 0.389 e. The minimum atomic E-state index is -0.411. The Balaban J connectivity index is 2.88. The highest BCUT2D eigenvalue weighted by Gasteiger charge is 2.10. The van der Waals surface area contributed by atoms with Crippen molar-refractivity contribution in [3.63, 3.8) is 0 Å². The predicted molar refractivity (Wildman–Crippen MR) is 77.6 cm³/mol. The van der Waals surface area contributed by atoms with Crippen LogP contribution in [0.25, 0.3) is 0 Å². The number of anilines is 1. The molecule has 0 aliphatic carbocycles. The number of halogens is 1. The number of aliphatic hydroxyl groups excluding tert-OH is 1. The fourth-order valence-corrected chi connectivity index (χ4v) is 2.48. The molecule has 1 atom stereocenters. The van der Waals surface area contributed by atoms with Crippen molar-refractivity contribution < 1.29 is 5.11 Å². The van der Waals surface area contributed by atoms with Crippen LogP contribution >= 0.6 is 15.9 Å². The van der Waals surface area contributed by atoms with Crippen LogP contribution in [0.2, 0.25) is 0 Å². The molecule has 0 amide bonds. The lowest BCUT2D eigenvalue weighted by molar-refractivity contribution is 0.199. The third kappa shape index (κ3) is 4.00. The Bertz CT molecular complexity index is 352. The molecule has 0 saturated carbocycles. The van der Waals surface area contributed by atoms with E-state index in [0.29, 0.717) is 0 Å². The van der Waals surface area contributed by atoms with Crippen molar-refractivity contribution in [2.24, 2.45) is 0 Å². The number of unbranched alkanes of at least 4 members (excludes halogenated alkanes) is 1. The Morgan fingerprint density at radius 1 is 1.35 bits per heavy atom. The number of benzene rings is 1. The summed E-state index contributed by atoms with van der Waals surface area (Å²) in [5.41, 5.74) is 2.16. The van der Waals surface area contributed by atoms with Crippen molar-refractivity contribution in [2.45, 2.75) is 39.7 Å². The summed E-state index contributed by atoms with van der Waals surface area (Å²) in [5.74, 6) is 0. The monoisotopic (exact) mass is 299 g/mol. The third-order valence-electron chi connectivity index (χ3n) is 2.96. The Morgan fingerprint density at radius 2 is 2.06 bits per heavy atom. The molecule has 0 fully saturated rings. The van der Waals surface area contributed by atoms with E-state index >= 15 is 0 Å². The molecule has 0 unspecified atom stereocenters. The SMILES string of the molecule is CCCCN(CC)c1ccc([C@H](C)O)cc1Br. The van der Waals surface area contributed by atoms with E-state index in [9.17, 15) is 5.11 Å². The smallest absolute Gasteiger partial charge is 0.0762 e. The van der Waals surface area contributed by atoms with Crippen LogP contribution in [0.5, 0.6) is 0 Å². The van der Waals surface area contributed by atoms with Crippen LogP contribution < -0.4 is 4.90 Å². The normalized spacial score (nSPS) is 12.5. The van der Waals surface area contributed by atoms with E-state index in [1.807, 2.05) is 12.1 Å². The summed E-state index contributed by atoms with van der Waals surface area (Å²) in [5, 5.41) is 9.54. The van der Waals surface area contributed by atoms with E-state index < -0.39 is 6.10 Å². The first-order valence-electron chi connectivity index (χ1n) is 6.32. The average molecular weight is 300 g/mol. The lowest BCUT2D eigenvalue weighted by Crippen LogP contribution is -2.24. The molecule has 1 aromatic rings. The lowest BCUT2D eigenvalue weighted by atomic mass is 10.1. The van der Waals surface area contributed by atoms with E-state index in [-0.39, 0.29) is 0 Å². The van der Waals surface area contributed by atoms with Crippen LogP contribution in [0.3, 0.4) is 0 Å². The first kappa shape index (κ1) is 14.5. The maximum Gasteiger partial charge on any atom is 0.0762 e. The quantitative estimate of drug-likeness (QED) is 0.854. The van der Waals surface area contributed by atoms with Crippen molar-refractivity contribution in [2.75, 3.05) is 18.0 Å². The van der Waals surface area contributed by atoms with E-state index in [1.165, 1.54) is 18.5 Å². The van der Waals surface area contributed by atoms with Crippen LogP contribution in [-0.4, -0.2) is 18.2 Å². The molecule has 0 radical (unpaired) electrons. The zero-order valence-corrected chi connectivity index (χ0v) is 12.5. The number of rotatable bonds is 6. The first-order chi connectivity index (χ1) is 8.10. The molecule has 1 rings (SSSR count). The van der Waals surface area contributed by atoms with Gasteiger partial charge in [-0.25, -0.2) is 0 Å². The van der Waals surface area contributed by atoms with Crippen LogP contribution in [0.15, 0.2) is 22.7 Å². The second-order valence-corrected chi connectivity index (χ2v) is 5.17. The maximum atomic E-state index is 9.54. The summed E-state index contributed by atoms with van der Waals surface area (Å²) in [7, 11) is 0. The molecule has 17 heavy (non-hydrogen) atoms. The molecule has 0 spiro atoms. The van der Waals surface area contributed by atoms with Crippen LogP contribution in [0.4, 0.5) is 5.69 Å². The van der Waals surface area contributed by atoms with Crippen molar-refractivity contribution in [3.05, 3.63) is 28.2 Å². The summed E-state index contributed by atoms with van der Waals surface area (Å²) in [6.45, 7) is 8.26. The van der Waals surface area contributed by atoms with Gasteiger partial charge in [0.15, 0.2) is 0 Å². The van der Waals surface area contributed by atoms with Crippen molar-refractivity contribution in [1.82, 2.24) is 0 Å². The van der Waals surface area contributed by atoms with Crippen molar-refractivity contribution in [3.8, 4) is 0 Å². The Morgan fingerprint density at radius 3 is 2.53 bits per heavy atom. The van der Waals surface area contributed by atoms with Gasteiger partial charge in [-0.15, -0.1) is 0 Å². The van der Waals surface area contributed by atoms with E-state index in [2.05, 4.69) is 40.7 Å². The summed E-state index contributed by atoms with van der Waals surface area (Å²) < 4.78 is 1.06. The molecule has 0 bridgehead atoms. The topological polar surface area (TPSA) is 23.5 Å². The van der Waals surface area contributed by atoms with Crippen LogP contribution in [0, 0.1) is 0 Å². The van der Waals surface area contributed by atoms with Crippen LogP contribution in [-0.2, 0) is 0 Å². The van der Waals surface area contributed by atoms with Gasteiger partial charge < -0.3 is 10.0 Å². The van der Waals surface area contributed by atoms with Gasteiger partial charge in [0, 0.05) is 17.6 Å². The van der Waals surface area contributed by atoms with Gasteiger partial charge in [0.25, 0.3) is 0 Å². The van der Waals surface area contributed by atoms with Gasteiger partial charge in [0.05, 0.1) is 11.8 Å². The Kier molecular flexibility index (Phi) is 6.00. The molecule has 1 N–H and O–H groups in total. The fraction of sp³-hybridized carbons (Fsp3) is 0.571. The third-order valence-corrected chi connectivity index (χ3v) is 3.59. The molecule has 0 aliphatic rings. The Hall–Kier alpha value is -0.540. The van der Waals surface area contributed by atoms with Gasteiger partial charge in [-0.05, 0) is 53.9 Å². The fourth-order valence-electron chi connectivity index (χ4n) is 1.84. The Labute approximate surface area is 113 Å². The highest BCUT2D eigenvalue weighted by atomic mass is 79.9. The summed E-state index contributed by atoms with van der Waals surface area (Å²) >= 11 is 3.60. The van der Waals surface area contributed by atoms with E-state index in [0.717, 1.165) is 23.1 Å². The molecule has 0 saturated heterocycles.